The van der Waals surface area contributed by atoms with Crippen LogP contribution in [-0.2, 0) is 11.2 Å². The van der Waals surface area contributed by atoms with Gasteiger partial charge in [0.2, 0.25) is 0 Å². The van der Waals surface area contributed by atoms with Crippen LogP contribution in [0.3, 0.4) is 0 Å². The van der Waals surface area contributed by atoms with Crippen molar-refractivity contribution in [1.82, 2.24) is 14.7 Å². The number of benzene rings is 1. The van der Waals surface area contributed by atoms with E-state index < -0.39 is 5.97 Å². The summed E-state index contributed by atoms with van der Waals surface area (Å²) in [6.45, 7) is 1.57. The van der Waals surface area contributed by atoms with E-state index in [1.54, 1.807) is 11.8 Å². The Balaban J connectivity index is 2.35. The molecule has 23 heavy (non-hydrogen) atoms. The molecule has 1 aromatic carbocycles. The first-order chi connectivity index (χ1) is 11.0. The van der Waals surface area contributed by atoms with Crippen molar-refractivity contribution in [3.8, 4) is 11.4 Å². The molecule has 0 saturated carbocycles. The zero-order chi connectivity index (χ0) is 17.0. The quantitative estimate of drug-likeness (QED) is 0.875. The van der Waals surface area contributed by atoms with Gasteiger partial charge in [0, 0.05) is 7.05 Å². The van der Waals surface area contributed by atoms with Crippen molar-refractivity contribution in [2.45, 2.75) is 13.3 Å². The molecule has 0 aliphatic rings. The summed E-state index contributed by atoms with van der Waals surface area (Å²) in [7, 11) is 3.05. The van der Waals surface area contributed by atoms with Crippen molar-refractivity contribution in [3.63, 3.8) is 0 Å². The zero-order valence-corrected chi connectivity index (χ0v) is 13.3. The number of aliphatic carboxylic acids is 1. The molecule has 0 bridgehead atoms. The molecule has 0 radical (unpaired) electrons. The van der Waals surface area contributed by atoms with Gasteiger partial charge in [0.1, 0.15) is 12.3 Å². The fourth-order valence-electron chi connectivity index (χ4n) is 2.32. The number of amides is 1. The highest BCUT2D eigenvalue weighted by molar-refractivity contribution is 5.96. The number of aromatic nitrogens is 2. The van der Waals surface area contributed by atoms with E-state index in [0.29, 0.717) is 12.0 Å². The Morgan fingerprint density at radius 1 is 1.30 bits per heavy atom. The van der Waals surface area contributed by atoms with Crippen molar-refractivity contribution >= 4 is 11.9 Å². The first-order valence-electron chi connectivity index (χ1n) is 7.16. The van der Waals surface area contributed by atoms with E-state index in [1.807, 2.05) is 31.2 Å². The van der Waals surface area contributed by atoms with Crippen molar-refractivity contribution in [2.75, 3.05) is 20.7 Å². The molecular formula is C16H19N3O4. The van der Waals surface area contributed by atoms with Gasteiger partial charge in [0.25, 0.3) is 5.91 Å². The Hall–Kier alpha value is -2.83. The number of likely N-dealkylation sites (N-methyl/N-ethyl adjacent to an activating group) is 1. The largest absolute Gasteiger partial charge is 0.497 e. The summed E-state index contributed by atoms with van der Waals surface area (Å²) in [5, 5.41) is 13.1. The maximum Gasteiger partial charge on any atom is 0.323 e. The van der Waals surface area contributed by atoms with Crippen LogP contribution in [0.5, 0.6) is 5.75 Å². The highest BCUT2D eigenvalue weighted by atomic mass is 16.5. The van der Waals surface area contributed by atoms with Gasteiger partial charge in [-0.2, -0.15) is 5.10 Å². The van der Waals surface area contributed by atoms with Crippen molar-refractivity contribution in [3.05, 3.63) is 41.7 Å². The van der Waals surface area contributed by atoms with Gasteiger partial charge in [-0.05, 0) is 30.7 Å². The van der Waals surface area contributed by atoms with Crippen LogP contribution in [0.25, 0.3) is 5.69 Å². The van der Waals surface area contributed by atoms with E-state index >= 15 is 0 Å². The van der Waals surface area contributed by atoms with Crippen molar-refractivity contribution in [1.29, 1.82) is 0 Å². The van der Waals surface area contributed by atoms with Gasteiger partial charge in [0.15, 0.2) is 0 Å². The number of hydrogen-bond donors (Lipinski definition) is 1. The molecule has 0 saturated heterocycles. The summed E-state index contributed by atoms with van der Waals surface area (Å²) in [6.07, 6.45) is 2.07. The molecule has 1 N–H and O–H groups in total. The smallest absolute Gasteiger partial charge is 0.323 e. The van der Waals surface area contributed by atoms with Crippen LogP contribution in [0.4, 0.5) is 0 Å². The molecule has 1 aromatic heterocycles. The maximum absolute atomic E-state index is 12.4. The minimum Gasteiger partial charge on any atom is -0.497 e. The number of carbonyl (C=O) groups excluding carboxylic acids is 1. The van der Waals surface area contributed by atoms with Gasteiger partial charge in [-0.15, -0.1) is 0 Å². The van der Waals surface area contributed by atoms with Gasteiger partial charge >= 0.3 is 5.97 Å². The van der Waals surface area contributed by atoms with Crippen molar-refractivity contribution < 1.29 is 19.4 Å². The second kappa shape index (κ2) is 6.95. The van der Waals surface area contributed by atoms with Crippen LogP contribution >= 0.6 is 0 Å². The van der Waals surface area contributed by atoms with Gasteiger partial charge < -0.3 is 14.7 Å². The number of nitrogens with zero attached hydrogens (tertiary/aromatic N) is 3. The first kappa shape index (κ1) is 16.5. The van der Waals surface area contributed by atoms with Gasteiger partial charge in [-0.3, -0.25) is 9.59 Å². The Bertz CT molecular complexity index is 707. The lowest BCUT2D eigenvalue weighted by atomic mass is 10.1. The number of hydrogen-bond acceptors (Lipinski definition) is 4. The Morgan fingerprint density at radius 2 is 1.96 bits per heavy atom. The highest BCUT2D eigenvalue weighted by Crippen LogP contribution is 2.19. The summed E-state index contributed by atoms with van der Waals surface area (Å²) in [4.78, 5) is 24.3. The third-order valence-corrected chi connectivity index (χ3v) is 3.47. The predicted molar refractivity (Wildman–Crippen MR) is 84.1 cm³/mol. The second-order valence-corrected chi connectivity index (χ2v) is 5.02. The summed E-state index contributed by atoms with van der Waals surface area (Å²) in [5.41, 5.74) is 1.95. The fraction of sp³-hybridized carbons (Fsp3) is 0.312. The summed E-state index contributed by atoms with van der Waals surface area (Å²) >= 11 is 0. The molecule has 7 nitrogen and oxygen atoms in total. The molecule has 122 valence electrons. The zero-order valence-electron chi connectivity index (χ0n) is 13.3. The standard InChI is InChI=1S/C16H19N3O4/c1-4-14-13(16(22)18(2)10-15(20)21)9-17-19(14)11-5-7-12(23-3)8-6-11/h5-9H,4,10H2,1-3H3,(H,20,21). The molecule has 1 amide bonds. The normalized spacial score (nSPS) is 10.4. The number of ether oxygens (including phenoxy) is 1. The molecule has 1 heterocycles. The molecular weight excluding hydrogens is 298 g/mol. The molecule has 2 rings (SSSR count). The molecule has 0 unspecified atom stereocenters. The summed E-state index contributed by atoms with van der Waals surface area (Å²) < 4.78 is 6.81. The number of carboxylic acids is 1. The van der Waals surface area contributed by atoms with Gasteiger partial charge in [-0.1, -0.05) is 6.92 Å². The van der Waals surface area contributed by atoms with Crippen LogP contribution in [0.15, 0.2) is 30.5 Å². The third kappa shape index (κ3) is 3.50. The molecule has 0 fully saturated rings. The van der Waals surface area contributed by atoms with E-state index in [2.05, 4.69) is 5.10 Å². The average Bonchev–Trinajstić information content (AvgIpc) is 2.97. The lowest BCUT2D eigenvalue weighted by molar-refractivity contribution is -0.137. The first-order valence-corrected chi connectivity index (χ1v) is 7.16. The topological polar surface area (TPSA) is 84.7 Å². The minimum atomic E-state index is -1.05. The van der Waals surface area contributed by atoms with E-state index in [9.17, 15) is 9.59 Å². The Kier molecular flexibility index (Phi) is 5.00. The summed E-state index contributed by atoms with van der Waals surface area (Å²) in [6, 6.07) is 7.32. The van der Waals surface area contributed by atoms with E-state index in [4.69, 9.17) is 9.84 Å². The third-order valence-electron chi connectivity index (χ3n) is 3.47. The summed E-state index contributed by atoms with van der Waals surface area (Å²) in [5.74, 6) is -0.679. The number of carboxylic acid groups (broad SMARTS) is 1. The molecule has 2 aromatic rings. The van der Waals surface area contributed by atoms with E-state index in [0.717, 1.165) is 22.0 Å². The Morgan fingerprint density at radius 3 is 2.48 bits per heavy atom. The van der Waals surface area contributed by atoms with Gasteiger partial charge in [-0.25, -0.2) is 4.68 Å². The number of carbonyl (C=O) groups is 2. The maximum atomic E-state index is 12.4. The second-order valence-electron chi connectivity index (χ2n) is 5.02. The fourth-order valence-corrected chi connectivity index (χ4v) is 2.32. The van der Waals surface area contributed by atoms with Crippen LogP contribution in [-0.4, -0.2) is 52.4 Å². The highest BCUT2D eigenvalue weighted by Gasteiger charge is 2.21. The Labute approximate surface area is 134 Å². The molecule has 7 heteroatoms. The lowest BCUT2D eigenvalue weighted by Gasteiger charge is -2.15. The number of methoxy groups -OCH3 is 1. The monoisotopic (exact) mass is 317 g/mol. The average molecular weight is 317 g/mol. The molecule has 0 atom stereocenters. The minimum absolute atomic E-state index is 0.351. The van der Waals surface area contributed by atoms with E-state index in [1.165, 1.54) is 13.2 Å². The van der Waals surface area contributed by atoms with Crippen LogP contribution < -0.4 is 4.74 Å². The molecule has 0 aliphatic heterocycles. The van der Waals surface area contributed by atoms with Crippen molar-refractivity contribution in [2.24, 2.45) is 0 Å². The molecule has 0 aliphatic carbocycles. The van der Waals surface area contributed by atoms with E-state index in [-0.39, 0.29) is 12.5 Å². The lowest BCUT2D eigenvalue weighted by Crippen LogP contribution is -2.32. The predicted octanol–water partition coefficient (Wildman–Crippen LogP) is 1.60. The number of rotatable bonds is 6. The van der Waals surface area contributed by atoms with Crippen LogP contribution in [0, 0.1) is 0 Å². The van der Waals surface area contributed by atoms with Crippen LogP contribution in [0.1, 0.15) is 23.0 Å². The molecule has 0 spiro atoms. The van der Waals surface area contributed by atoms with Gasteiger partial charge in [0.05, 0.1) is 30.3 Å². The SMILES string of the molecule is CCc1c(C(=O)N(C)CC(=O)O)cnn1-c1ccc(OC)cc1. The van der Waals surface area contributed by atoms with Crippen LogP contribution in [0.2, 0.25) is 0 Å².